The number of para-hydroxylation sites is 2. The van der Waals surface area contributed by atoms with Gasteiger partial charge in [-0.25, -0.2) is 0 Å². The monoisotopic (exact) mass is 284 g/mol. The predicted octanol–water partition coefficient (Wildman–Crippen LogP) is 3.11. The predicted molar refractivity (Wildman–Crippen MR) is 85.1 cm³/mol. The third-order valence-electron chi connectivity index (χ3n) is 2.91. The molecule has 0 fully saturated rings. The first-order valence-corrected chi connectivity index (χ1v) is 6.38. The Bertz CT molecular complexity index is 651. The van der Waals surface area contributed by atoms with E-state index in [0.717, 1.165) is 11.3 Å². The van der Waals surface area contributed by atoms with Crippen LogP contribution in [-0.4, -0.2) is 25.2 Å². The summed E-state index contributed by atoms with van der Waals surface area (Å²) < 4.78 is 0. The maximum Gasteiger partial charge on any atom is 0.294 e. The molecule has 0 spiro atoms. The van der Waals surface area contributed by atoms with Gasteiger partial charge in [0.25, 0.3) is 5.69 Å². The molecule has 0 aliphatic heterocycles. The molecular formula is C15H16N4O2. The molecule has 1 N–H and O–H groups in total. The van der Waals surface area contributed by atoms with Crippen molar-refractivity contribution >= 4 is 23.3 Å². The second kappa shape index (κ2) is 6.51. The van der Waals surface area contributed by atoms with E-state index >= 15 is 0 Å². The average molecular weight is 284 g/mol. The van der Waals surface area contributed by atoms with Crippen molar-refractivity contribution in [3.8, 4) is 0 Å². The molecule has 2 aromatic rings. The Labute approximate surface area is 122 Å². The van der Waals surface area contributed by atoms with Gasteiger partial charge in [-0.2, -0.15) is 5.10 Å². The average Bonchev–Trinajstić information content (AvgIpc) is 2.48. The zero-order valence-electron chi connectivity index (χ0n) is 11.9. The summed E-state index contributed by atoms with van der Waals surface area (Å²) in [6.07, 6.45) is 1.62. The number of hydrazone groups is 1. The molecule has 0 heterocycles. The number of nitrogens with one attached hydrogen (secondary N) is 1. The van der Waals surface area contributed by atoms with Crippen molar-refractivity contribution in [1.29, 1.82) is 0 Å². The molecule has 0 saturated heterocycles. The van der Waals surface area contributed by atoms with E-state index in [1.165, 1.54) is 6.07 Å². The highest BCUT2D eigenvalue weighted by atomic mass is 16.6. The van der Waals surface area contributed by atoms with E-state index in [1.54, 1.807) is 24.4 Å². The smallest absolute Gasteiger partial charge is 0.294 e. The SMILES string of the molecule is CN(C)c1ccc(C=NNc2ccccc2[N+](=O)[O-])cc1. The second-order valence-corrected chi connectivity index (χ2v) is 4.63. The standard InChI is InChI=1S/C15H16N4O2/c1-18(2)13-9-7-12(8-10-13)11-16-17-14-5-3-4-6-15(14)19(20)21/h3-11,17H,1-2H3. The van der Waals surface area contributed by atoms with Crippen LogP contribution in [0.2, 0.25) is 0 Å². The van der Waals surface area contributed by atoms with Gasteiger partial charge in [-0.3, -0.25) is 15.5 Å². The van der Waals surface area contributed by atoms with Crippen molar-refractivity contribution in [3.05, 3.63) is 64.2 Å². The van der Waals surface area contributed by atoms with Gasteiger partial charge in [0.2, 0.25) is 0 Å². The Kier molecular flexibility index (Phi) is 4.50. The van der Waals surface area contributed by atoms with Crippen molar-refractivity contribution in [2.45, 2.75) is 0 Å². The lowest BCUT2D eigenvalue weighted by molar-refractivity contribution is -0.384. The summed E-state index contributed by atoms with van der Waals surface area (Å²) in [5.41, 5.74) is 5.07. The molecule has 6 heteroatoms. The minimum Gasteiger partial charge on any atom is -0.378 e. The van der Waals surface area contributed by atoms with Crippen LogP contribution in [0.3, 0.4) is 0 Å². The molecule has 0 unspecified atom stereocenters. The van der Waals surface area contributed by atoms with E-state index in [0.29, 0.717) is 5.69 Å². The van der Waals surface area contributed by atoms with Gasteiger partial charge >= 0.3 is 0 Å². The van der Waals surface area contributed by atoms with Crippen LogP contribution in [0.1, 0.15) is 5.56 Å². The summed E-state index contributed by atoms with van der Waals surface area (Å²) in [5.74, 6) is 0. The number of nitrogens with zero attached hydrogens (tertiary/aromatic N) is 3. The summed E-state index contributed by atoms with van der Waals surface area (Å²) in [4.78, 5) is 12.4. The Morgan fingerprint density at radius 1 is 1.14 bits per heavy atom. The molecule has 0 saturated carbocycles. The third kappa shape index (κ3) is 3.79. The van der Waals surface area contributed by atoms with Gasteiger partial charge in [-0.15, -0.1) is 0 Å². The number of anilines is 2. The summed E-state index contributed by atoms with van der Waals surface area (Å²) in [6.45, 7) is 0. The van der Waals surface area contributed by atoms with Crippen molar-refractivity contribution in [3.63, 3.8) is 0 Å². The first kappa shape index (κ1) is 14.5. The number of hydrogen-bond donors (Lipinski definition) is 1. The molecule has 0 aliphatic rings. The molecule has 108 valence electrons. The van der Waals surface area contributed by atoms with E-state index in [2.05, 4.69) is 10.5 Å². The zero-order chi connectivity index (χ0) is 15.2. The van der Waals surface area contributed by atoms with Crippen LogP contribution in [-0.2, 0) is 0 Å². The van der Waals surface area contributed by atoms with Gasteiger partial charge in [-0.1, -0.05) is 24.3 Å². The Hall–Kier alpha value is -2.89. The normalized spacial score (nSPS) is 10.6. The largest absolute Gasteiger partial charge is 0.378 e. The van der Waals surface area contributed by atoms with Crippen molar-refractivity contribution < 1.29 is 4.92 Å². The van der Waals surface area contributed by atoms with Gasteiger partial charge in [0.15, 0.2) is 0 Å². The molecule has 0 atom stereocenters. The number of hydrogen-bond acceptors (Lipinski definition) is 5. The molecule has 6 nitrogen and oxygen atoms in total. The van der Waals surface area contributed by atoms with Gasteiger partial charge < -0.3 is 4.90 Å². The molecule has 0 radical (unpaired) electrons. The highest BCUT2D eigenvalue weighted by Crippen LogP contribution is 2.22. The molecule has 0 aromatic heterocycles. The number of rotatable bonds is 5. The zero-order valence-corrected chi connectivity index (χ0v) is 11.9. The number of nitro groups is 1. The van der Waals surface area contributed by atoms with E-state index in [-0.39, 0.29) is 5.69 Å². The molecule has 2 rings (SSSR count). The van der Waals surface area contributed by atoms with Crippen LogP contribution in [0.25, 0.3) is 0 Å². The first-order valence-electron chi connectivity index (χ1n) is 6.38. The summed E-state index contributed by atoms with van der Waals surface area (Å²) >= 11 is 0. The van der Waals surface area contributed by atoms with E-state index in [9.17, 15) is 10.1 Å². The second-order valence-electron chi connectivity index (χ2n) is 4.63. The Morgan fingerprint density at radius 3 is 2.43 bits per heavy atom. The van der Waals surface area contributed by atoms with Gasteiger partial charge in [0, 0.05) is 25.8 Å². The highest BCUT2D eigenvalue weighted by Gasteiger charge is 2.10. The number of nitro benzene ring substituents is 1. The maximum absolute atomic E-state index is 10.9. The Morgan fingerprint density at radius 2 is 1.81 bits per heavy atom. The van der Waals surface area contributed by atoms with Gasteiger partial charge in [0.1, 0.15) is 5.69 Å². The van der Waals surface area contributed by atoms with E-state index in [1.807, 2.05) is 43.3 Å². The molecule has 21 heavy (non-hydrogen) atoms. The lowest BCUT2D eigenvalue weighted by Crippen LogP contribution is -2.08. The minimum atomic E-state index is -0.441. The lowest BCUT2D eigenvalue weighted by atomic mass is 10.2. The topological polar surface area (TPSA) is 70.8 Å². The van der Waals surface area contributed by atoms with Gasteiger partial charge in [-0.05, 0) is 23.8 Å². The third-order valence-corrected chi connectivity index (χ3v) is 2.91. The maximum atomic E-state index is 10.9. The van der Waals surface area contributed by atoms with Crippen molar-refractivity contribution in [2.24, 2.45) is 5.10 Å². The molecule has 0 amide bonds. The number of benzene rings is 2. The van der Waals surface area contributed by atoms with Crippen molar-refractivity contribution in [2.75, 3.05) is 24.4 Å². The van der Waals surface area contributed by atoms with E-state index in [4.69, 9.17) is 0 Å². The van der Waals surface area contributed by atoms with E-state index < -0.39 is 4.92 Å². The lowest BCUT2D eigenvalue weighted by Gasteiger charge is -2.11. The van der Waals surface area contributed by atoms with Crippen LogP contribution in [0.5, 0.6) is 0 Å². The van der Waals surface area contributed by atoms with Crippen LogP contribution in [0, 0.1) is 10.1 Å². The molecule has 2 aromatic carbocycles. The van der Waals surface area contributed by atoms with Crippen LogP contribution in [0.4, 0.5) is 17.1 Å². The minimum absolute atomic E-state index is 0.00222. The highest BCUT2D eigenvalue weighted by molar-refractivity contribution is 5.81. The van der Waals surface area contributed by atoms with Crippen molar-refractivity contribution in [1.82, 2.24) is 0 Å². The van der Waals surface area contributed by atoms with Crippen LogP contribution < -0.4 is 10.3 Å². The molecule has 0 aliphatic carbocycles. The van der Waals surface area contributed by atoms with Gasteiger partial charge in [0.05, 0.1) is 11.1 Å². The summed E-state index contributed by atoms with van der Waals surface area (Å²) in [5, 5.41) is 14.9. The fraction of sp³-hybridized carbons (Fsp3) is 0.133. The first-order chi connectivity index (χ1) is 10.1. The quantitative estimate of drug-likeness (QED) is 0.520. The molecule has 0 bridgehead atoms. The fourth-order valence-corrected chi connectivity index (χ4v) is 1.76. The van der Waals surface area contributed by atoms with Crippen LogP contribution >= 0.6 is 0 Å². The summed E-state index contributed by atoms with van der Waals surface area (Å²) in [6, 6.07) is 14.2. The fourth-order valence-electron chi connectivity index (χ4n) is 1.76. The summed E-state index contributed by atoms with van der Waals surface area (Å²) in [7, 11) is 3.94. The molecular weight excluding hydrogens is 268 g/mol. The van der Waals surface area contributed by atoms with Crippen LogP contribution in [0.15, 0.2) is 53.6 Å². The Balaban J connectivity index is 2.07.